The molecule has 2 aromatic rings. The molecule has 0 saturated carbocycles. The van der Waals surface area contributed by atoms with Gasteiger partial charge in [-0.05, 0) is 25.0 Å². The zero-order chi connectivity index (χ0) is 17.5. The summed E-state index contributed by atoms with van der Waals surface area (Å²) in [6.45, 7) is 5.46. The average molecular weight is 333 g/mol. The molecule has 0 aliphatic carbocycles. The molecular formula is C19H27NO4. The summed E-state index contributed by atoms with van der Waals surface area (Å²) >= 11 is 0. The van der Waals surface area contributed by atoms with Gasteiger partial charge in [0.15, 0.2) is 5.75 Å². The van der Waals surface area contributed by atoms with Crippen molar-refractivity contribution in [1.82, 2.24) is 4.57 Å². The smallest absolute Gasteiger partial charge is 0.297 e. The van der Waals surface area contributed by atoms with Crippen LogP contribution in [0.5, 0.6) is 17.2 Å². The largest absolute Gasteiger partial charge is 0.494 e. The lowest BCUT2D eigenvalue weighted by atomic mass is 10.1. The van der Waals surface area contributed by atoms with Gasteiger partial charge in [-0.2, -0.15) is 0 Å². The van der Waals surface area contributed by atoms with Crippen molar-refractivity contribution in [3.63, 3.8) is 0 Å². The summed E-state index contributed by atoms with van der Waals surface area (Å²) in [4.78, 5) is 12.6. The number of hydrogen-bond acceptors (Lipinski definition) is 4. The van der Waals surface area contributed by atoms with Crippen LogP contribution in [0.1, 0.15) is 39.5 Å². The van der Waals surface area contributed by atoms with Crippen molar-refractivity contribution in [1.29, 1.82) is 0 Å². The van der Waals surface area contributed by atoms with Crippen LogP contribution in [0.2, 0.25) is 0 Å². The van der Waals surface area contributed by atoms with E-state index in [-0.39, 0.29) is 11.3 Å². The van der Waals surface area contributed by atoms with Crippen molar-refractivity contribution < 1.29 is 14.2 Å². The van der Waals surface area contributed by atoms with E-state index in [0.717, 1.165) is 42.3 Å². The lowest BCUT2D eigenvalue weighted by Crippen LogP contribution is -2.20. The monoisotopic (exact) mass is 333 g/mol. The molecule has 0 aliphatic heterocycles. The summed E-state index contributed by atoms with van der Waals surface area (Å²) in [5.74, 6) is 1.53. The van der Waals surface area contributed by atoms with Crippen LogP contribution in [-0.4, -0.2) is 24.9 Å². The third kappa shape index (κ3) is 3.83. The van der Waals surface area contributed by atoms with Gasteiger partial charge in [0.05, 0.1) is 25.8 Å². The van der Waals surface area contributed by atoms with Gasteiger partial charge in [0, 0.05) is 18.5 Å². The number of aryl methyl sites for hydroxylation is 1. The zero-order valence-electron chi connectivity index (χ0n) is 15.1. The van der Waals surface area contributed by atoms with Crippen molar-refractivity contribution in [2.45, 2.75) is 39.5 Å². The van der Waals surface area contributed by atoms with Gasteiger partial charge in [-0.25, -0.2) is 0 Å². The highest BCUT2D eigenvalue weighted by molar-refractivity contribution is 5.89. The van der Waals surface area contributed by atoms with Crippen LogP contribution in [0.4, 0.5) is 0 Å². The molecule has 0 N–H and O–H groups in total. The Kier molecular flexibility index (Phi) is 6.53. The standard InChI is InChI=1S/C19H27NO4/c1-5-7-11-23-14-9-10-15-16(13-14)20(3)19(21)18(22-4)17(15)24-12-8-6-2/h9-10,13H,5-8,11-12H2,1-4H3. The van der Waals surface area contributed by atoms with Gasteiger partial charge >= 0.3 is 0 Å². The molecule has 0 unspecified atom stereocenters. The van der Waals surface area contributed by atoms with E-state index in [9.17, 15) is 4.79 Å². The SMILES string of the molecule is CCCCOc1ccc2c(OCCCC)c(OC)c(=O)n(C)c2c1. The van der Waals surface area contributed by atoms with Crippen molar-refractivity contribution in [2.24, 2.45) is 7.05 Å². The molecule has 1 aromatic heterocycles. The number of ether oxygens (including phenoxy) is 3. The van der Waals surface area contributed by atoms with Crippen LogP contribution in [0.15, 0.2) is 23.0 Å². The van der Waals surface area contributed by atoms with Crippen molar-refractivity contribution in [3.05, 3.63) is 28.6 Å². The molecule has 0 spiro atoms. The van der Waals surface area contributed by atoms with E-state index in [1.54, 1.807) is 11.6 Å². The number of fused-ring (bicyclic) bond motifs is 1. The molecule has 24 heavy (non-hydrogen) atoms. The number of benzene rings is 1. The van der Waals surface area contributed by atoms with Crippen molar-refractivity contribution in [2.75, 3.05) is 20.3 Å². The Hall–Kier alpha value is -2.17. The van der Waals surface area contributed by atoms with E-state index >= 15 is 0 Å². The van der Waals surface area contributed by atoms with Gasteiger partial charge in [0.1, 0.15) is 5.75 Å². The lowest BCUT2D eigenvalue weighted by molar-refractivity contribution is 0.289. The molecule has 0 atom stereocenters. The predicted octanol–water partition coefficient (Wildman–Crippen LogP) is 3.90. The Morgan fingerprint density at radius 3 is 2.29 bits per heavy atom. The van der Waals surface area contributed by atoms with Crippen LogP contribution >= 0.6 is 0 Å². The molecule has 0 fully saturated rings. The zero-order valence-corrected chi connectivity index (χ0v) is 15.1. The number of methoxy groups -OCH3 is 1. The molecule has 0 amide bonds. The van der Waals surface area contributed by atoms with Gasteiger partial charge < -0.3 is 18.8 Å². The second-order valence-corrected chi connectivity index (χ2v) is 5.81. The minimum Gasteiger partial charge on any atom is -0.494 e. The van der Waals surface area contributed by atoms with Crippen molar-refractivity contribution in [3.8, 4) is 17.2 Å². The van der Waals surface area contributed by atoms with Crippen molar-refractivity contribution >= 4 is 10.9 Å². The fourth-order valence-electron chi connectivity index (χ4n) is 2.53. The van der Waals surface area contributed by atoms with E-state index in [1.807, 2.05) is 18.2 Å². The van der Waals surface area contributed by atoms with Gasteiger partial charge in [0.25, 0.3) is 5.56 Å². The molecule has 0 bridgehead atoms. The average Bonchev–Trinajstić information content (AvgIpc) is 2.60. The molecule has 2 rings (SSSR count). The Bertz CT molecular complexity index is 736. The van der Waals surface area contributed by atoms with Gasteiger partial charge in [-0.15, -0.1) is 0 Å². The highest BCUT2D eigenvalue weighted by Gasteiger charge is 2.18. The summed E-state index contributed by atoms with van der Waals surface area (Å²) < 4.78 is 18.5. The quantitative estimate of drug-likeness (QED) is 0.653. The highest BCUT2D eigenvalue weighted by atomic mass is 16.5. The number of hydrogen-bond donors (Lipinski definition) is 0. The minimum absolute atomic E-state index is 0.206. The summed E-state index contributed by atoms with van der Waals surface area (Å²) in [6.07, 6.45) is 4.04. The fourth-order valence-corrected chi connectivity index (χ4v) is 2.53. The summed E-state index contributed by atoms with van der Waals surface area (Å²) in [6, 6.07) is 5.73. The molecule has 0 aliphatic rings. The molecule has 0 radical (unpaired) electrons. The topological polar surface area (TPSA) is 49.7 Å². The number of unbranched alkanes of at least 4 members (excludes halogenated alkanes) is 2. The molecule has 0 saturated heterocycles. The summed E-state index contributed by atoms with van der Waals surface area (Å²) in [5.41, 5.74) is 0.573. The number of rotatable bonds is 9. The first-order valence-corrected chi connectivity index (χ1v) is 8.60. The fraction of sp³-hybridized carbons (Fsp3) is 0.526. The van der Waals surface area contributed by atoms with E-state index in [1.165, 1.54) is 7.11 Å². The third-order valence-corrected chi connectivity index (χ3v) is 4.00. The normalized spacial score (nSPS) is 10.8. The number of pyridine rings is 1. The molecule has 1 aromatic carbocycles. The first kappa shape index (κ1) is 18.2. The van der Waals surface area contributed by atoms with Crippen LogP contribution in [-0.2, 0) is 7.05 Å². The Morgan fingerprint density at radius 2 is 1.67 bits per heavy atom. The molecule has 132 valence electrons. The molecule has 1 heterocycles. The predicted molar refractivity (Wildman–Crippen MR) is 96.5 cm³/mol. The Balaban J connectivity index is 2.49. The Labute approximate surface area is 143 Å². The van der Waals surface area contributed by atoms with Gasteiger partial charge in [-0.3, -0.25) is 4.79 Å². The van der Waals surface area contributed by atoms with Crippen LogP contribution in [0.3, 0.4) is 0 Å². The van der Waals surface area contributed by atoms with Crippen LogP contribution < -0.4 is 19.8 Å². The summed E-state index contributed by atoms with van der Waals surface area (Å²) in [5, 5.41) is 0.855. The number of aromatic nitrogens is 1. The minimum atomic E-state index is -0.206. The van der Waals surface area contributed by atoms with Crippen LogP contribution in [0, 0.1) is 0 Å². The maximum atomic E-state index is 12.6. The lowest BCUT2D eigenvalue weighted by Gasteiger charge is -2.16. The van der Waals surface area contributed by atoms with E-state index in [4.69, 9.17) is 14.2 Å². The molecular weight excluding hydrogens is 306 g/mol. The second kappa shape index (κ2) is 8.62. The number of nitrogens with zero attached hydrogens (tertiary/aromatic N) is 1. The van der Waals surface area contributed by atoms with E-state index in [2.05, 4.69) is 13.8 Å². The van der Waals surface area contributed by atoms with Gasteiger partial charge in [0.2, 0.25) is 5.75 Å². The second-order valence-electron chi connectivity index (χ2n) is 5.81. The Morgan fingerprint density at radius 1 is 1.00 bits per heavy atom. The maximum absolute atomic E-state index is 12.6. The maximum Gasteiger partial charge on any atom is 0.297 e. The van der Waals surface area contributed by atoms with Crippen LogP contribution in [0.25, 0.3) is 10.9 Å². The third-order valence-electron chi connectivity index (χ3n) is 4.00. The first-order valence-electron chi connectivity index (χ1n) is 8.60. The van der Waals surface area contributed by atoms with Gasteiger partial charge in [-0.1, -0.05) is 26.7 Å². The van der Waals surface area contributed by atoms with E-state index < -0.39 is 0 Å². The summed E-state index contributed by atoms with van der Waals surface area (Å²) in [7, 11) is 3.23. The highest BCUT2D eigenvalue weighted by Crippen LogP contribution is 2.34. The van der Waals surface area contributed by atoms with E-state index in [0.29, 0.717) is 19.0 Å². The molecule has 5 nitrogen and oxygen atoms in total. The first-order chi connectivity index (χ1) is 11.6. The molecule has 5 heteroatoms.